The van der Waals surface area contributed by atoms with E-state index in [0.29, 0.717) is 17.4 Å². The van der Waals surface area contributed by atoms with Crippen LogP contribution in [0.25, 0.3) is 0 Å². The van der Waals surface area contributed by atoms with Crippen molar-refractivity contribution in [2.45, 2.75) is 44.6 Å². The predicted octanol–water partition coefficient (Wildman–Crippen LogP) is 5.00. The van der Waals surface area contributed by atoms with Gasteiger partial charge in [-0.1, -0.05) is 0 Å². The van der Waals surface area contributed by atoms with Gasteiger partial charge in [-0.2, -0.15) is 0 Å². The molecule has 0 atom stereocenters. The molecule has 0 aromatic heterocycles. The molecule has 0 radical (unpaired) electrons. The first kappa shape index (κ1) is 17.8. The number of carbonyl (C=O) groups is 1. The van der Waals surface area contributed by atoms with Crippen molar-refractivity contribution in [2.75, 3.05) is 23.3 Å². The maximum atomic E-state index is 14.0. The number of hydrogen-bond acceptors (Lipinski definition) is 3. The lowest BCUT2D eigenvalue weighted by Crippen LogP contribution is -2.18. The number of hydrogen-bond donors (Lipinski definition) is 1. The average Bonchev–Trinajstić information content (AvgIpc) is 3.36. The highest BCUT2D eigenvalue weighted by Crippen LogP contribution is 2.26. The van der Waals surface area contributed by atoms with E-state index in [0.717, 1.165) is 50.2 Å². The van der Waals surface area contributed by atoms with Crippen molar-refractivity contribution >= 4 is 17.3 Å². The summed E-state index contributed by atoms with van der Waals surface area (Å²) in [4.78, 5) is 14.7. The SMILES string of the molecule is O=C(Nc1cc(F)cc(N2CCCC2)c1)c1ccc(OC2CCCC2)cc1. The molecule has 2 aromatic rings. The minimum absolute atomic E-state index is 0.250. The second-order valence-corrected chi connectivity index (χ2v) is 7.40. The van der Waals surface area contributed by atoms with Gasteiger partial charge in [-0.05, 0) is 81.0 Å². The molecule has 4 rings (SSSR count). The molecule has 5 heteroatoms. The number of nitrogens with zero attached hydrogens (tertiary/aromatic N) is 1. The molecular weight excluding hydrogens is 343 g/mol. The Labute approximate surface area is 159 Å². The van der Waals surface area contributed by atoms with Crippen molar-refractivity contribution in [3.8, 4) is 5.75 Å². The van der Waals surface area contributed by atoms with Crippen molar-refractivity contribution in [1.82, 2.24) is 0 Å². The third-order valence-electron chi connectivity index (χ3n) is 5.33. The maximum absolute atomic E-state index is 14.0. The summed E-state index contributed by atoms with van der Waals surface area (Å²) in [6, 6.07) is 11.9. The van der Waals surface area contributed by atoms with Crippen LogP contribution in [0.3, 0.4) is 0 Å². The normalized spacial score (nSPS) is 17.3. The van der Waals surface area contributed by atoms with Crippen LogP contribution < -0.4 is 15.0 Å². The second kappa shape index (κ2) is 7.99. The van der Waals surface area contributed by atoms with E-state index in [1.807, 2.05) is 18.2 Å². The topological polar surface area (TPSA) is 41.6 Å². The molecule has 0 spiro atoms. The van der Waals surface area contributed by atoms with Crippen molar-refractivity contribution < 1.29 is 13.9 Å². The van der Waals surface area contributed by atoms with Gasteiger partial charge in [0.15, 0.2) is 0 Å². The first-order valence-corrected chi connectivity index (χ1v) is 9.81. The highest BCUT2D eigenvalue weighted by Gasteiger charge is 2.17. The van der Waals surface area contributed by atoms with Crippen molar-refractivity contribution in [1.29, 1.82) is 0 Å². The van der Waals surface area contributed by atoms with E-state index in [4.69, 9.17) is 4.74 Å². The molecular formula is C22H25FN2O2. The quantitative estimate of drug-likeness (QED) is 0.807. The van der Waals surface area contributed by atoms with Crippen LogP contribution in [-0.2, 0) is 0 Å². The van der Waals surface area contributed by atoms with Gasteiger partial charge in [0, 0.05) is 30.0 Å². The Hall–Kier alpha value is -2.56. The molecule has 0 bridgehead atoms. The van der Waals surface area contributed by atoms with Crippen molar-refractivity contribution in [3.05, 3.63) is 53.8 Å². The van der Waals surface area contributed by atoms with Gasteiger partial charge in [-0.3, -0.25) is 4.79 Å². The fraction of sp³-hybridized carbons (Fsp3) is 0.409. The molecule has 2 aliphatic rings. The van der Waals surface area contributed by atoms with Gasteiger partial charge in [-0.15, -0.1) is 0 Å². The smallest absolute Gasteiger partial charge is 0.255 e. The highest BCUT2D eigenvalue weighted by molar-refractivity contribution is 6.04. The molecule has 0 unspecified atom stereocenters. The van der Waals surface area contributed by atoms with Gasteiger partial charge < -0.3 is 15.0 Å². The molecule has 1 saturated heterocycles. The molecule has 4 nitrogen and oxygen atoms in total. The zero-order chi connectivity index (χ0) is 18.6. The van der Waals surface area contributed by atoms with E-state index in [1.54, 1.807) is 12.1 Å². The number of nitrogens with one attached hydrogen (secondary N) is 1. The predicted molar refractivity (Wildman–Crippen MR) is 105 cm³/mol. The molecule has 142 valence electrons. The molecule has 1 amide bonds. The van der Waals surface area contributed by atoms with Crippen LogP contribution in [0.15, 0.2) is 42.5 Å². The standard InChI is InChI=1S/C22H25FN2O2/c23-17-13-18(15-19(14-17)25-11-3-4-12-25)24-22(26)16-7-9-21(10-8-16)27-20-5-1-2-6-20/h7-10,13-15,20H,1-6,11-12H2,(H,24,26). The minimum atomic E-state index is -0.338. The number of rotatable bonds is 5. The molecule has 2 aromatic carbocycles. The number of benzene rings is 2. The number of anilines is 2. The molecule has 2 fully saturated rings. The van der Waals surface area contributed by atoms with Gasteiger partial charge in [0.25, 0.3) is 5.91 Å². The molecule has 1 aliphatic carbocycles. The molecule has 1 saturated carbocycles. The van der Waals surface area contributed by atoms with Gasteiger partial charge in [0.05, 0.1) is 6.10 Å². The van der Waals surface area contributed by atoms with Gasteiger partial charge >= 0.3 is 0 Å². The highest BCUT2D eigenvalue weighted by atomic mass is 19.1. The minimum Gasteiger partial charge on any atom is -0.490 e. The fourth-order valence-corrected chi connectivity index (χ4v) is 3.89. The molecule has 1 aliphatic heterocycles. The summed E-state index contributed by atoms with van der Waals surface area (Å²) < 4.78 is 19.9. The lowest BCUT2D eigenvalue weighted by molar-refractivity contribution is 0.102. The number of carbonyl (C=O) groups excluding carboxylic acids is 1. The Morgan fingerprint density at radius 1 is 1.00 bits per heavy atom. The molecule has 27 heavy (non-hydrogen) atoms. The van der Waals surface area contributed by atoms with E-state index in [-0.39, 0.29) is 11.7 Å². The average molecular weight is 368 g/mol. The fourth-order valence-electron chi connectivity index (χ4n) is 3.89. The second-order valence-electron chi connectivity index (χ2n) is 7.40. The Morgan fingerprint density at radius 3 is 2.41 bits per heavy atom. The summed E-state index contributed by atoms with van der Waals surface area (Å²) in [7, 11) is 0. The number of ether oxygens (including phenoxy) is 1. The Morgan fingerprint density at radius 2 is 1.70 bits per heavy atom. The van der Waals surface area contributed by atoms with E-state index in [1.165, 1.54) is 25.0 Å². The molecule has 1 N–H and O–H groups in total. The summed E-state index contributed by atoms with van der Waals surface area (Å²) in [5.41, 5.74) is 1.83. The lowest BCUT2D eigenvalue weighted by atomic mass is 10.2. The van der Waals surface area contributed by atoms with Crippen LogP contribution >= 0.6 is 0 Å². The summed E-state index contributed by atoms with van der Waals surface area (Å²) in [6.45, 7) is 1.86. The Bertz CT molecular complexity index is 794. The van der Waals surface area contributed by atoms with E-state index in [2.05, 4.69) is 10.2 Å². The third-order valence-corrected chi connectivity index (χ3v) is 5.33. The van der Waals surface area contributed by atoms with Crippen LogP contribution in [0.1, 0.15) is 48.9 Å². The van der Waals surface area contributed by atoms with Gasteiger partial charge in [-0.25, -0.2) is 4.39 Å². The zero-order valence-electron chi connectivity index (χ0n) is 15.4. The third kappa shape index (κ3) is 4.41. The number of halogens is 1. The lowest BCUT2D eigenvalue weighted by Gasteiger charge is -2.19. The van der Waals surface area contributed by atoms with Crippen LogP contribution in [0.2, 0.25) is 0 Å². The first-order valence-electron chi connectivity index (χ1n) is 9.81. The Balaban J connectivity index is 1.42. The van der Waals surface area contributed by atoms with Crippen LogP contribution in [0, 0.1) is 5.82 Å². The maximum Gasteiger partial charge on any atom is 0.255 e. The summed E-state index contributed by atoms with van der Waals surface area (Å²) >= 11 is 0. The van der Waals surface area contributed by atoms with Crippen LogP contribution in [-0.4, -0.2) is 25.1 Å². The zero-order valence-corrected chi connectivity index (χ0v) is 15.4. The summed E-state index contributed by atoms with van der Waals surface area (Å²) in [5, 5.41) is 2.81. The van der Waals surface area contributed by atoms with Crippen molar-refractivity contribution in [3.63, 3.8) is 0 Å². The van der Waals surface area contributed by atoms with Gasteiger partial charge in [0.2, 0.25) is 0 Å². The monoisotopic (exact) mass is 368 g/mol. The van der Waals surface area contributed by atoms with E-state index < -0.39 is 0 Å². The van der Waals surface area contributed by atoms with Gasteiger partial charge in [0.1, 0.15) is 11.6 Å². The number of amides is 1. The van der Waals surface area contributed by atoms with E-state index in [9.17, 15) is 9.18 Å². The first-order chi connectivity index (χ1) is 13.2. The summed E-state index contributed by atoms with van der Waals surface area (Å²) in [6.07, 6.45) is 7.17. The molecule has 1 heterocycles. The Kier molecular flexibility index (Phi) is 5.28. The largest absolute Gasteiger partial charge is 0.490 e. The summed E-state index contributed by atoms with van der Waals surface area (Å²) in [5.74, 6) is 0.205. The van der Waals surface area contributed by atoms with E-state index >= 15 is 0 Å². The van der Waals surface area contributed by atoms with Crippen LogP contribution in [0.4, 0.5) is 15.8 Å². The van der Waals surface area contributed by atoms with Crippen molar-refractivity contribution in [2.24, 2.45) is 0 Å². The van der Waals surface area contributed by atoms with Crippen LogP contribution in [0.5, 0.6) is 5.75 Å².